The van der Waals surface area contributed by atoms with Crippen LogP contribution in [0.1, 0.15) is 10.4 Å². The number of carbonyl (C=O) groups is 1. The fraction of sp³-hybridized carbons (Fsp3) is 0.417. The highest BCUT2D eigenvalue weighted by Gasteiger charge is 2.11. The lowest BCUT2D eigenvalue weighted by molar-refractivity contribution is -0.870. The fourth-order valence-electron chi connectivity index (χ4n) is 1.22. The molecule has 2 N–H and O–H groups in total. The van der Waals surface area contributed by atoms with Gasteiger partial charge in [0, 0.05) is 6.07 Å². The monoisotopic (exact) mass is 240 g/mol. The van der Waals surface area contributed by atoms with Crippen LogP contribution in [0.2, 0.25) is 0 Å². The minimum Gasteiger partial charge on any atom is -0.507 e. The molecule has 0 amide bonds. The van der Waals surface area contributed by atoms with Crippen molar-refractivity contribution in [3.63, 3.8) is 0 Å². The molecule has 17 heavy (non-hydrogen) atoms. The average Bonchev–Trinajstić information content (AvgIpc) is 2.15. The number of aromatic hydroxyl groups is 1. The van der Waals surface area contributed by atoms with Crippen LogP contribution < -0.4 is 4.74 Å². The molecule has 0 aliphatic heterocycles. The Bertz CT molecular complexity index is 409. The van der Waals surface area contributed by atoms with E-state index in [1.807, 2.05) is 21.1 Å². The first kappa shape index (κ1) is 13.3. The summed E-state index contributed by atoms with van der Waals surface area (Å²) in [4.78, 5) is 10.7. The number of carboxylic acid groups (broad SMARTS) is 1. The molecule has 0 heterocycles. The zero-order valence-electron chi connectivity index (χ0n) is 10.3. The minimum atomic E-state index is -1.15. The molecule has 0 fully saturated rings. The maximum Gasteiger partial charge on any atom is 0.339 e. The third kappa shape index (κ3) is 4.32. The van der Waals surface area contributed by atoms with Crippen molar-refractivity contribution < 1.29 is 24.2 Å². The van der Waals surface area contributed by atoms with Crippen LogP contribution in [-0.2, 0) is 0 Å². The highest BCUT2D eigenvalue weighted by molar-refractivity contribution is 5.90. The highest BCUT2D eigenvalue weighted by atomic mass is 16.5. The molecule has 0 aliphatic carbocycles. The summed E-state index contributed by atoms with van der Waals surface area (Å²) in [6, 6.07) is 4.19. The van der Waals surface area contributed by atoms with Gasteiger partial charge in [0.05, 0.1) is 21.1 Å². The Kier molecular flexibility index (Phi) is 3.96. The third-order valence-corrected chi connectivity index (χ3v) is 2.23. The van der Waals surface area contributed by atoms with Crippen molar-refractivity contribution in [2.75, 3.05) is 34.3 Å². The number of hydrogen-bond donors (Lipinski definition) is 2. The van der Waals surface area contributed by atoms with Gasteiger partial charge in [0.1, 0.15) is 30.2 Å². The van der Waals surface area contributed by atoms with Gasteiger partial charge in [-0.1, -0.05) is 0 Å². The quantitative estimate of drug-likeness (QED) is 0.758. The summed E-state index contributed by atoms with van der Waals surface area (Å²) in [5.41, 5.74) is -0.121. The zero-order valence-corrected chi connectivity index (χ0v) is 10.3. The van der Waals surface area contributed by atoms with Crippen molar-refractivity contribution in [1.29, 1.82) is 0 Å². The Morgan fingerprint density at radius 2 is 2.00 bits per heavy atom. The summed E-state index contributed by atoms with van der Waals surface area (Å²) in [5, 5.41) is 18.2. The number of ether oxygens (including phenoxy) is 1. The van der Waals surface area contributed by atoms with Gasteiger partial charge in [0.25, 0.3) is 0 Å². The van der Waals surface area contributed by atoms with Crippen LogP contribution in [-0.4, -0.2) is 55.0 Å². The molecule has 0 atom stereocenters. The molecular weight excluding hydrogens is 222 g/mol. The van der Waals surface area contributed by atoms with Gasteiger partial charge >= 0.3 is 5.97 Å². The first-order valence-electron chi connectivity index (χ1n) is 5.29. The van der Waals surface area contributed by atoms with E-state index in [0.717, 1.165) is 11.0 Å². The summed E-state index contributed by atoms with van der Waals surface area (Å²) >= 11 is 0. The van der Waals surface area contributed by atoms with E-state index in [0.29, 0.717) is 12.4 Å². The molecule has 1 rings (SSSR count). The van der Waals surface area contributed by atoms with Crippen molar-refractivity contribution in [2.45, 2.75) is 0 Å². The number of benzene rings is 1. The largest absolute Gasteiger partial charge is 0.507 e. The summed E-state index contributed by atoms with van der Waals surface area (Å²) < 4.78 is 6.21. The Morgan fingerprint density at radius 3 is 2.47 bits per heavy atom. The van der Waals surface area contributed by atoms with E-state index in [4.69, 9.17) is 9.84 Å². The number of rotatable bonds is 5. The molecule has 0 saturated carbocycles. The maximum absolute atomic E-state index is 10.7. The van der Waals surface area contributed by atoms with Crippen molar-refractivity contribution in [2.24, 2.45) is 0 Å². The van der Waals surface area contributed by atoms with Crippen LogP contribution in [0, 0.1) is 0 Å². The second-order valence-corrected chi connectivity index (χ2v) is 4.85. The predicted molar refractivity (Wildman–Crippen MR) is 63.5 cm³/mol. The molecule has 0 saturated heterocycles. The maximum atomic E-state index is 10.7. The molecule has 0 radical (unpaired) electrons. The van der Waals surface area contributed by atoms with Gasteiger partial charge in [-0.3, -0.25) is 0 Å². The highest BCUT2D eigenvalue weighted by Crippen LogP contribution is 2.23. The number of nitrogens with zero attached hydrogens (tertiary/aromatic N) is 1. The van der Waals surface area contributed by atoms with Gasteiger partial charge < -0.3 is 19.4 Å². The number of carboxylic acids is 1. The number of likely N-dealkylation sites (N-methyl/N-ethyl adjacent to an activating group) is 1. The first-order chi connectivity index (χ1) is 7.79. The van der Waals surface area contributed by atoms with E-state index in [1.54, 1.807) is 6.07 Å². The average molecular weight is 240 g/mol. The minimum absolute atomic E-state index is 0.121. The van der Waals surface area contributed by atoms with E-state index in [1.165, 1.54) is 12.1 Å². The molecule has 94 valence electrons. The van der Waals surface area contributed by atoms with Crippen LogP contribution in [0.5, 0.6) is 11.5 Å². The van der Waals surface area contributed by atoms with Crippen LogP contribution in [0.4, 0.5) is 0 Å². The lowest BCUT2D eigenvalue weighted by Crippen LogP contribution is -2.38. The van der Waals surface area contributed by atoms with Gasteiger partial charge in [-0.15, -0.1) is 0 Å². The normalized spacial score (nSPS) is 11.2. The van der Waals surface area contributed by atoms with Crippen LogP contribution in [0.3, 0.4) is 0 Å². The molecule has 5 nitrogen and oxygen atoms in total. The Balaban J connectivity index is 2.62. The van der Waals surface area contributed by atoms with Crippen molar-refractivity contribution >= 4 is 5.97 Å². The summed E-state index contributed by atoms with van der Waals surface area (Å²) in [6.07, 6.45) is 0. The van der Waals surface area contributed by atoms with E-state index in [2.05, 4.69) is 0 Å². The first-order valence-corrected chi connectivity index (χ1v) is 5.29. The summed E-state index contributed by atoms with van der Waals surface area (Å²) in [7, 11) is 6.15. The Labute approximate surface area is 100 Å². The smallest absolute Gasteiger partial charge is 0.339 e. The van der Waals surface area contributed by atoms with Crippen LogP contribution >= 0.6 is 0 Å². The van der Waals surface area contributed by atoms with Crippen LogP contribution in [0.25, 0.3) is 0 Å². The molecule has 0 spiro atoms. The SMILES string of the molecule is C[N+](C)(C)CCOc1ccc(C(=O)O)c(O)c1. The second kappa shape index (κ2) is 5.05. The topological polar surface area (TPSA) is 66.8 Å². The van der Waals surface area contributed by atoms with Gasteiger partial charge in [-0.25, -0.2) is 4.79 Å². The van der Waals surface area contributed by atoms with E-state index >= 15 is 0 Å². The van der Waals surface area contributed by atoms with Gasteiger partial charge in [0.15, 0.2) is 0 Å². The molecule has 1 aromatic rings. The zero-order chi connectivity index (χ0) is 13.1. The van der Waals surface area contributed by atoms with E-state index in [9.17, 15) is 9.90 Å². The van der Waals surface area contributed by atoms with E-state index < -0.39 is 5.97 Å². The predicted octanol–water partition coefficient (Wildman–Crippen LogP) is 1.18. The number of phenols is 1. The van der Waals surface area contributed by atoms with Crippen molar-refractivity contribution in [3.05, 3.63) is 23.8 Å². The molecule has 0 aliphatic rings. The van der Waals surface area contributed by atoms with Crippen molar-refractivity contribution in [3.8, 4) is 11.5 Å². The molecule has 0 unspecified atom stereocenters. The second-order valence-electron chi connectivity index (χ2n) is 4.85. The third-order valence-electron chi connectivity index (χ3n) is 2.23. The molecule has 0 bridgehead atoms. The van der Waals surface area contributed by atoms with Crippen molar-refractivity contribution in [1.82, 2.24) is 0 Å². The molecule has 1 aromatic carbocycles. The number of aromatic carboxylic acids is 1. The molecule has 5 heteroatoms. The van der Waals surface area contributed by atoms with Gasteiger partial charge in [0.2, 0.25) is 0 Å². The molecule has 0 aromatic heterocycles. The summed E-state index contributed by atoms with van der Waals surface area (Å²) in [6.45, 7) is 1.33. The Morgan fingerprint density at radius 1 is 1.35 bits per heavy atom. The van der Waals surface area contributed by atoms with Crippen LogP contribution in [0.15, 0.2) is 18.2 Å². The standard InChI is InChI=1S/C12H17NO4/c1-13(2,3)6-7-17-9-4-5-10(12(15)16)11(14)8-9/h4-5,8H,6-7H2,1-3H3,(H-,14,15,16)/p+1. The number of quaternary nitrogens is 1. The number of hydrogen-bond acceptors (Lipinski definition) is 3. The summed E-state index contributed by atoms with van der Waals surface area (Å²) in [5.74, 6) is -0.957. The Hall–Kier alpha value is -1.75. The lowest BCUT2D eigenvalue weighted by Gasteiger charge is -2.23. The molecular formula is C12H18NO4+. The van der Waals surface area contributed by atoms with Gasteiger partial charge in [-0.05, 0) is 12.1 Å². The lowest BCUT2D eigenvalue weighted by atomic mass is 10.2. The fourth-order valence-corrected chi connectivity index (χ4v) is 1.22. The van der Waals surface area contributed by atoms with Gasteiger partial charge in [-0.2, -0.15) is 0 Å². The van der Waals surface area contributed by atoms with E-state index in [-0.39, 0.29) is 11.3 Å².